The highest BCUT2D eigenvalue weighted by atomic mass is 19.4. The molecule has 0 N–H and O–H groups in total. The summed E-state index contributed by atoms with van der Waals surface area (Å²) in [5.74, 6) is -2.14. The minimum atomic E-state index is -4.91. The van der Waals surface area contributed by atoms with Crippen LogP contribution in [0, 0.1) is 5.82 Å². The lowest BCUT2D eigenvalue weighted by Crippen LogP contribution is -2.08. The Bertz CT molecular complexity index is 1050. The molecule has 1 aromatic carbocycles. The van der Waals surface area contributed by atoms with Crippen LogP contribution in [0.5, 0.6) is 17.5 Å². The first kappa shape index (κ1) is 21.3. The Labute approximate surface area is 163 Å². The first-order chi connectivity index (χ1) is 13.9. The van der Waals surface area contributed by atoms with Crippen molar-refractivity contribution in [1.82, 2.24) is 19.7 Å². The molecular formula is C17H11F7N4O2. The molecule has 13 heteroatoms. The summed E-state index contributed by atoms with van der Waals surface area (Å²) in [6, 6.07) is 3.94. The molecule has 3 rings (SSSR count). The van der Waals surface area contributed by atoms with Gasteiger partial charge >= 0.3 is 12.4 Å². The van der Waals surface area contributed by atoms with Crippen LogP contribution in [0.3, 0.4) is 0 Å². The molecule has 0 aliphatic rings. The number of hydrogen-bond acceptors (Lipinski definition) is 5. The van der Waals surface area contributed by atoms with E-state index in [-0.39, 0.29) is 29.8 Å². The third kappa shape index (κ3) is 4.96. The van der Waals surface area contributed by atoms with Crippen LogP contribution in [-0.4, -0.2) is 19.7 Å². The fourth-order valence-corrected chi connectivity index (χ4v) is 2.29. The molecule has 0 fully saturated rings. The third-order valence-electron chi connectivity index (χ3n) is 3.72. The molecule has 2 heterocycles. The number of ether oxygens (including phenoxy) is 2. The van der Waals surface area contributed by atoms with Gasteiger partial charge in [0.2, 0.25) is 11.8 Å². The number of alkyl halides is 6. The number of benzene rings is 1. The van der Waals surface area contributed by atoms with Gasteiger partial charge in [0.25, 0.3) is 0 Å². The zero-order valence-corrected chi connectivity index (χ0v) is 14.9. The second-order valence-corrected chi connectivity index (χ2v) is 5.87. The molecular weight excluding hydrogens is 425 g/mol. The van der Waals surface area contributed by atoms with E-state index in [0.29, 0.717) is 12.1 Å². The van der Waals surface area contributed by atoms with E-state index in [1.54, 1.807) is 0 Å². The second-order valence-electron chi connectivity index (χ2n) is 5.87. The SMILES string of the molecule is Cn1nc(C(F)(F)F)cc1COc1cc(Oc2ccc(F)c(C(F)(F)F)c2)ncn1. The fraction of sp³-hybridized carbons (Fsp3) is 0.235. The minimum absolute atomic E-state index is 0.0942. The van der Waals surface area contributed by atoms with Gasteiger partial charge in [0, 0.05) is 7.05 Å². The van der Waals surface area contributed by atoms with Gasteiger partial charge in [-0.2, -0.15) is 31.4 Å². The smallest absolute Gasteiger partial charge is 0.435 e. The zero-order chi connectivity index (χ0) is 22.1. The maximum atomic E-state index is 13.3. The molecule has 0 radical (unpaired) electrons. The molecule has 0 spiro atoms. The number of halogens is 7. The van der Waals surface area contributed by atoms with Crippen LogP contribution in [0.1, 0.15) is 17.0 Å². The molecule has 3 aromatic rings. The Kier molecular flexibility index (Phi) is 5.55. The summed E-state index contributed by atoms with van der Waals surface area (Å²) in [6.45, 7) is -0.329. The van der Waals surface area contributed by atoms with Crippen molar-refractivity contribution in [3.63, 3.8) is 0 Å². The highest BCUT2D eigenvalue weighted by molar-refractivity contribution is 5.34. The van der Waals surface area contributed by atoms with E-state index in [4.69, 9.17) is 9.47 Å². The van der Waals surface area contributed by atoms with Crippen molar-refractivity contribution in [3.8, 4) is 17.5 Å². The predicted octanol–water partition coefficient (Wildman–Crippen LogP) is 4.76. The number of nitrogens with zero attached hydrogens (tertiary/aromatic N) is 4. The Hall–Kier alpha value is -3.38. The highest BCUT2D eigenvalue weighted by Crippen LogP contribution is 2.35. The number of rotatable bonds is 5. The van der Waals surface area contributed by atoms with Crippen LogP contribution < -0.4 is 9.47 Å². The summed E-state index contributed by atoms with van der Waals surface area (Å²) in [5, 5.41) is 3.33. The van der Waals surface area contributed by atoms with Gasteiger partial charge in [-0.3, -0.25) is 4.68 Å². The molecule has 6 nitrogen and oxygen atoms in total. The lowest BCUT2D eigenvalue weighted by molar-refractivity contribution is -0.141. The van der Waals surface area contributed by atoms with Crippen LogP contribution in [-0.2, 0) is 26.0 Å². The van der Waals surface area contributed by atoms with E-state index in [1.165, 1.54) is 7.05 Å². The average Bonchev–Trinajstić information content (AvgIpc) is 3.02. The van der Waals surface area contributed by atoms with Gasteiger partial charge in [-0.1, -0.05) is 0 Å². The van der Waals surface area contributed by atoms with E-state index >= 15 is 0 Å². The number of aromatic nitrogens is 4. The van der Waals surface area contributed by atoms with Gasteiger partial charge < -0.3 is 9.47 Å². The molecule has 160 valence electrons. The molecule has 0 unspecified atom stereocenters. The Balaban J connectivity index is 1.72. The van der Waals surface area contributed by atoms with Gasteiger partial charge in [0.05, 0.1) is 17.3 Å². The molecule has 30 heavy (non-hydrogen) atoms. The Morgan fingerprint density at radius 1 is 0.933 bits per heavy atom. The summed E-state index contributed by atoms with van der Waals surface area (Å²) in [4.78, 5) is 7.45. The predicted molar refractivity (Wildman–Crippen MR) is 86.1 cm³/mol. The summed E-state index contributed by atoms with van der Waals surface area (Å²) in [7, 11) is 1.30. The monoisotopic (exact) mass is 436 g/mol. The van der Waals surface area contributed by atoms with Crippen molar-refractivity contribution in [1.29, 1.82) is 0 Å². The number of aryl methyl sites for hydroxylation is 1. The second kappa shape index (κ2) is 7.80. The lowest BCUT2D eigenvalue weighted by Gasteiger charge is -2.11. The molecule has 0 saturated carbocycles. The average molecular weight is 436 g/mol. The molecule has 0 amide bonds. The van der Waals surface area contributed by atoms with Crippen LogP contribution in [0.15, 0.2) is 36.7 Å². The van der Waals surface area contributed by atoms with Crippen molar-refractivity contribution >= 4 is 0 Å². The summed E-state index contributed by atoms with van der Waals surface area (Å²) in [6.07, 6.45) is -8.55. The maximum absolute atomic E-state index is 13.3. The quantitative estimate of drug-likeness (QED) is 0.540. The zero-order valence-electron chi connectivity index (χ0n) is 14.9. The van der Waals surface area contributed by atoms with E-state index < -0.39 is 29.4 Å². The topological polar surface area (TPSA) is 62.1 Å². The molecule has 0 bridgehead atoms. The van der Waals surface area contributed by atoms with E-state index in [1.807, 2.05) is 0 Å². The first-order valence-corrected chi connectivity index (χ1v) is 8.03. The standard InChI is InChI=1S/C17H11F7N4O2/c1-28-9(4-13(27-28)17(22,23)24)7-29-14-6-15(26-8-25-14)30-10-2-3-12(18)11(5-10)16(19,20)21/h2-6,8H,7H2,1H3. The van der Waals surface area contributed by atoms with Gasteiger partial charge in [0.15, 0.2) is 5.69 Å². The molecule has 0 saturated heterocycles. The first-order valence-electron chi connectivity index (χ1n) is 8.03. The largest absolute Gasteiger partial charge is 0.471 e. The van der Waals surface area contributed by atoms with Crippen LogP contribution in [0.2, 0.25) is 0 Å². The fourth-order valence-electron chi connectivity index (χ4n) is 2.29. The van der Waals surface area contributed by atoms with Crippen molar-refractivity contribution in [2.45, 2.75) is 19.0 Å². The lowest BCUT2D eigenvalue weighted by atomic mass is 10.2. The molecule has 0 aliphatic heterocycles. The van der Waals surface area contributed by atoms with Crippen LogP contribution in [0.25, 0.3) is 0 Å². The summed E-state index contributed by atoms with van der Waals surface area (Å²) < 4.78 is 101. The van der Waals surface area contributed by atoms with Gasteiger partial charge in [-0.05, 0) is 24.3 Å². The van der Waals surface area contributed by atoms with Crippen molar-refractivity contribution in [2.24, 2.45) is 7.05 Å². The maximum Gasteiger partial charge on any atom is 0.435 e. The molecule has 0 atom stereocenters. The summed E-state index contributed by atoms with van der Waals surface area (Å²) >= 11 is 0. The normalized spacial score (nSPS) is 12.1. The van der Waals surface area contributed by atoms with Crippen molar-refractivity contribution < 1.29 is 40.2 Å². The van der Waals surface area contributed by atoms with Gasteiger partial charge in [0.1, 0.15) is 24.5 Å². The van der Waals surface area contributed by atoms with Crippen molar-refractivity contribution in [2.75, 3.05) is 0 Å². The summed E-state index contributed by atoms with van der Waals surface area (Å²) in [5.41, 5.74) is -2.51. The third-order valence-corrected chi connectivity index (χ3v) is 3.72. The Morgan fingerprint density at radius 3 is 2.27 bits per heavy atom. The van der Waals surface area contributed by atoms with Gasteiger partial charge in [-0.25, -0.2) is 14.4 Å². The van der Waals surface area contributed by atoms with E-state index in [0.717, 1.165) is 29.2 Å². The van der Waals surface area contributed by atoms with Gasteiger partial charge in [-0.15, -0.1) is 0 Å². The highest BCUT2D eigenvalue weighted by Gasteiger charge is 2.35. The molecule has 2 aromatic heterocycles. The van der Waals surface area contributed by atoms with Crippen LogP contribution >= 0.6 is 0 Å². The van der Waals surface area contributed by atoms with Crippen LogP contribution in [0.4, 0.5) is 30.7 Å². The molecule has 0 aliphatic carbocycles. The number of hydrogen-bond donors (Lipinski definition) is 0. The Morgan fingerprint density at radius 2 is 1.63 bits per heavy atom. The van der Waals surface area contributed by atoms with E-state index in [2.05, 4.69) is 15.1 Å². The van der Waals surface area contributed by atoms with Crippen molar-refractivity contribution in [3.05, 3.63) is 59.4 Å². The minimum Gasteiger partial charge on any atom is -0.471 e. The van der Waals surface area contributed by atoms with E-state index in [9.17, 15) is 30.7 Å².